The highest BCUT2D eigenvalue weighted by Crippen LogP contribution is 2.17. The van der Waals surface area contributed by atoms with Gasteiger partial charge in [0.05, 0.1) is 6.04 Å². The molecule has 2 aliphatic heterocycles. The van der Waals surface area contributed by atoms with Gasteiger partial charge in [-0.15, -0.1) is 0 Å². The molecule has 2 saturated heterocycles. The third-order valence-electron chi connectivity index (χ3n) is 3.56. The molecular weight excluding hydrogens is 204 g/mol. The monoisotopic (exact) mass is 226 g/mol. The van der Waals surface area contributed by atoms with Crippen LogP contribution in [0, 0.1) is 5.92 Å². The zero-order valence-electron chi connectivity index (χ0n) is 10.1. The van der Waals surface area contributed by atoms with E-state index in [1.807, 2.05) is 11.8 Å². The Hall–Kier alpha value is -0.610. The predicted octanol–water partition coefficient (Wildman–Crippen LogP) is 0.623. The van der Waals surface area contributed by atoms with E-state index in [1.165, 1.54) is 0 Å². The fourth-order valence-electron chi connectivity index (χ4n) is 2.48. The number of hydrogen-bond donors (Lipinski definition) is 1. The van der Waals surface area contributed by atoms with Crippen molar-refractivity contribution < 1.29 is 9.53 Å². The van der Waals surface area contributed by atoms with Crippen LogP contribution in [-0.4, -0.2) is 49.7 Å². The molecule has 0 aromatic carbocycles. The van der Waals surface area contributed by atoms with Gasteiger partial charge in [0.2, 0.25) is 5.91 Å². The largest absolute Gasteiger partial charge is 0.381 e. The van der Waals surface area contributed by atoms with Gasteiger partial charge >= 0.3 is 0 Å². The predicted molar refractivity (Wildman–Crippen MR) is 62.2 cm³/mol. The second-order valence-corrected chi connectivity index (χ2v) is 4.87. The zero-order valence-corrected chi connectivity index (χ0v) is 10.1. The van der Waals surface area contributed by atoms with E-state index in [1.54, 1.807) is 0 Å². The molecule has 0 radical (unpaired) electrons. The Bertz CT molecular complexity index is 239. The summed E-state index contributed by atoms with van der Waals surface area (Å²) in [6, 6.07) is -0.0117. The molecule has 4 heteroatoms. The molecule has 0 aromatic heterocycles. The Labute approximate surface area is 97.3 Å². The van der Waals surface area contributed by atoms with Crippen molar-refractivity contribution in [2.24, 2.45) is 5.92 Å². The molecule has 2 fully saturated rings. The number of ether oxygens (including phenoxy) is 1. The lowest BCUT2D eigenvalue weighted by molar-refractivity contribution is -0.133. The zero-order chi connectivity index (χ0) is 11.4. The maximum Gasteiger partial charge on any atom is 0.239 e. The normalized spacial score (nSPS) is 29.2. The molecule has 1 unspecified atom stereocenters. The average molecular weight is 226 g/mol. The summed E-state index contributed by atoms with van der Waals surface area (Å²) >= 11 is 0. The molecule has 4 nitrogen and oxygen atoms in total. The Morgan fingerprint density at radius 3 is 2.94 bits per heavy atom. The van der Waals surface area contributed by atoms with Crippen molar-refractivity contribution in [1.29, 1.82) is 0 Å². The highest BCUT2D eigenvalue weighted by molar-refractivity contribution is 5.81. The number of amides is 1. The Morgan fingerprint density at radius 2 is 2.19 bits per heavy atom. The van der Waals surface area contributed by atoms with E-state index in [2.05, 4.69) is 5.32 Å². The SMILES string of the molecule is CC1NCCCN(CC2CCOCC2)C1=O. The van der Waals surface area contributed by atoms with Crippen LogP contribution in [-0.2, 0) is 9.53 Å². The number of nitrogens with one attached hydrogen (secondary N) is 1. The topological polar surface area (TPSA) is 41.6 Å². The van der Waals surface area contributed by atoms with Gasteiger partial charge < -0.3 is 15.0 Å². The van der Waals surface area contributed by atoms with Crippen LogP contribution in [0.5, 0.6) is 0 Å². The van der Waals surface area contributed by atoms with Crippen molar-refractivity contribution >= 4 is 5.91 Å². The lowest BCUT2D eigenvalue weighted by Crippen LogP contribution is -2.44. The van der Waals surface area contributed by atoms with Gasteiger partial charge in [-0.1, -0.05) is 0 Å². The second-order valence-electron chi connectivity index (χ2n) is 4.87. The summed E-state index contributed by atoms with van der Waals surface area (Å²) in [6.07, 6.45) is 3.27. The Balaban J connectivity index is 1.88. The van der Waals surface area contributed by atoms with E-state index in [4.69, 9.17) is 4.74 Å². The number of hydrogen-bond acceptors (Lipinski definition) is 3. The van der Waals surface area contributed by atoms with Crippen LogP contribution >= 0.6 is 0 Å². The Morgan fingerprint density at radius 1 is 1.44 bits per heavy atom. The summed E-state index contributed by atoms with van der Waals surface area (Å²) in [5.41, 5.74) is 0. The first kappa shape index (κ1) is 11.9. The van der Waals surface area contributed by atoms with Crippen LogP contribution in [0.4, 0.5) is 0 Å². The van der Waals surface area contributed by atoms with Crippen LogP contribution in [0.3, 0.4) is 0 Å². The first-order valence-corrected chi connectivity index (χ1v) is 6.37. The van der Waals surface area contributed by atoms with Crippen LogP contribution < -0.4 is 5.32 Å². The van der Waals surface area contributed by atoms with Crippen molar-refractivity contribution in [3.8, 4) is 0 Å². The first-order valence-electron chi connectivity index (χ1n) is 6.37. The van der Waals surface area contributed by atoms with E-state index >= 15 is 0 Å². The summed E-state index contributed by atoms with van der Waals surface area (Å²) in [4.78, 5) is 14.1. The summed E-state index contributed by atoms with van der Waals surface area (Å²) in [5, 5.41) is 3.25. The van der Waals surface area contributed by atoms with Crippen molar-refractivity contribution in [1.82, 2.24) is 10.2 Å². The van der Waals surface area contributed by atoms with Gasteiger partial charge in [0, 0.05) is 26.3 Å². The number of rotatable bonds is 2. The molecular formula is C12H22N2O2. The first-order chi connectivity index (χ1) is 7.77. The lowest BCUT2D eigenvalue weighted by atomic mass is 9.99. The minimum absolute atomic E-state index is 0.0117. The number of carbonyl (C=O) groups is 1. The molecule has 0 spiro atoms. The highest BCUT2D eigenvalue weighted by Gasteiger charge is 2.25. The van der Waals surface area contributed by atoms with E-state index in [-0.39, 0.29) is 11.9 Å². The standard InChI is InChI=1S/C12H22N2O2/c1-10-12(15)14(6-2-5-13-10)9-11-3-7-16-8-4-11/h10-11,13H,2-9H2,1H3. The molecule has 1 amide bonds. The van der Waals surface area contributed by atoms with Crippen molar-refractivity contribution in [3.05, 3.63) is 0 Å². The maximum absolute atomic E-state index is 12.1. The van der Waals surface area contributed by atoms with Gasteiger partial charge in [-0.3, -0.25) is 4.79 Å². The molecule has 92 valence electrons. The van der Waals surface area contributed by atoms with E-state index in [9.17, 15) is 4.79 Å². The van der Waals surface area contributed by atoms with Gasteiger partial charge in [-0.2, -0.15) is 0 Å². The third kappa shape index (κ3) is 2.95. The summed E-state index contributed by atoms with van der Waals surface area (Å²) < 4.78 is 5.35. The second kappa shape index (κ2) is 5.64. The van der Waals surface area contributed by atoms with Crippen LogP contribution in [0.15, 0.2) is 0 Å². The molecule has 0 aromatic rings. The van der Waals surface area contributed by atoms with Gasteiger partial charge in [0.1, 0.15) is 0 Å². The van der Waals surface area contributed by atoms with Crippen molar-refractivity contribution in [2.45, 2.75) is 32.2 Å². The molecule has 1 atom stereocenters. The fourth-order valence-corrected chi connectivity index (χ4v) is 2.48. The average Bonchev–Trinajstić information content (AvgIpc) is 2.46. The molecule has 0 bridgehead atoms. The summed E-state index contributed by atoms with van der Waals surface area (Å²) in [6.45, 7) is 6.48. The Kier molecular flexibility index (Phi) is 4.18. The van der Waals surface area contributed by atoms with Gasteiger partial charge in [0.15, 0.2) is 0 Å². The lowest BCUT2D eigenvalue weighted by Gasteiger charge is -2.29. The van der Waals surface area contributed by atoms with Crippen LogP contribution in [0.2, 0.25) is 0 Å². The third-order valence-corrected chi connectivity index (χ3v) is 3.56. The van der Waals surface area contributed by atoms with E-state index in [0.29, 0.717) is 5.92 Å². The van der Waals surface area contributed by atoms with E-state index < -0.39 is 0 Å². The molecule has 2 rings (SSSR count). The minimum Gasteiger partial charge on any atom is -0.381 e. The number of carbonyl (C=O) groups excluding carboxylic acids is 1. The minimum atomic E-state index is -0.0117. The van der Waals surface area contributed by atoms with Gasteiger partial charge in [-0.05, 0) is 38.6 Å². The van der Waals surface area contributed by atoms with Gasteiger partial charge in [-0.25, -0.2) is 0 Å². The highest BCUT2D eigenvalue weighted by atomic mass is 16.5. The van der Waals surface area contributed by atoms with Crippen LogP contribution in [0.1, 0.15) is 26.2 Å². The molecule has 2 aliphatic rings. The molecule has 1 N–H and O–H groups in total. The van der Waals surface area contributed by atoms with Crippen LogP contribution in [0.25, 0.3) is 0 Å². The summed E-state index contributed by atoms with van der Waals surface area (Å²) in [7, 11) is 0. The number of nitrogens with zero attached hydrogens (tertiary/aromatic N) is 1. The summed E-state index contributed by atoms with van der Waals surface area (Å²) in [5.74, 6) is 0.909. The molecule has 0 aliphatic carbocycles. The fraction of sp³-hybridized carbons (Fsp3) is 0.917. The molecule has 16 heavy (non-hydrogen) atoms. The molecule has 0 saturated carbocycles. The van der Waals surface area contributed by atoms with Crippen molar-refractivity contribution in [3.63, 3.8) is 0 Å². The van der Waals surface area contributed by atoms with E-state index in [0.717, 1.165) is 52.1 Å². The van der Waals surface area contributed by atoms with Crippen molar-refractivity contribution in [2.75, 3.05) is 32.8 Å². The molecule has 2 heterocycles. The van der Waals surface area contributed by atoms with Gasteiger partial charge in [0.25, 0.3) is 0 Å². The maximum atomic E-state index is 12.1. The smallest absolute Gasteiger partial charge is 0.239 e. The quantitative estimate of drug-likeness (QED) is 0.750.